The van der Waals surface area contributed by atoms with E-state index in [2.05, 4.69) is 20.0 Å². The second kappa shape index (κ2) is 10.1. The van der Waals surface area contributed by atoms with Crippen molar-refractivity contribution in [3.05, 3.63) is 47.8 Å². The number of aromatic nitrogens is 2. The highest BCUT2D eigenvalue weighted by atomic mass is 32.2. The number of aliphatic hydroxyl groups is 1. The molecule has 0 bridgehead atoms. The second-order valence-electron chi connectivity index (χ2n) is 8.04. The maximum Gasteiger partial charge on any atom is 0.218 e. The number of anilines is 2. The molecule has 11 heteroatoms. The van der Waals surface area contributed by atoms with Gasteiger partial charge in [0.25, 0.3) is 0 Å². The van der Waals surface area contributed by atoms with Gasteiger partial charge in [0, 0.05) is 64.5 Å². The minimum absolute atomic E-state index is 0.173. The molecule has 32 heavy (non-hydrogen) atoms. The lowest BCUT2D eigenvalue weighted by molar-refractivity contribution is 0.188. The van der Waals surface area contributed by atoms with Gasteiger partial charge >= 0.3 is 0 Å². The van der Waals surface area contributed by atoms with E-state index in [-0.39, 0.29) is 17.9 Å². The largest absolute Gasteiger partial charge is 0.395 e. The maximum absolute atomic E-state index is 13.9. The highest BCUT2D eigenvalue weighted by Crippen LogP contribution is 2.20. The van der Waals surface area contributed by atoms with Gasteiger partial charge in [-0.1, -0.05) is 18.2 Å². The minimum Gasteiger partial charge on any atom is -0.395 e. The molecule has 174 valence electrons. The molecule has 2 fully saturated rings. The molecule has 0 spiro atoms. The van der Waals surface area contributed by atoms with Gasteiger partial charge in [0.1, 0.15) is 5.82 Å². The number of benzene rings is 1. The van der Waals surface area contributed by atoms with Gasteiger partial charge in [-0.25, -0.2) is 12.8 Å². The Labute approximate surface area is 188 Å². The minimum atomic E-state index is -3.59. The third-order valence-corrected chi connectivity index (χ3v) is 7.83. The molecule has 2 aliphatic heterocycles. The normalized spacial score (nSPS) is 18.8. The molecule has 0 radical (unpaired) electrons. The number of β-amino-alcohol motifs (C(OH)–C–C–N with tert-alkyl or cyclic N) is 1. The fourth-order valence-corrected chi connectivity index (χ4v) is 5.63. The van der Waals surface area contributed by atoms with Crippen LogP contribution in [0.5, 0.6) is 0 Å². The Kier molecular flexibility index (Phi) is 7.19. The van der Waals surface area contributed by atoms with Crippen molar-refractivity contribution in [2.24, 2.45) is 0 Å². The van der Waals surface area contributed by atoms with Crippen LogP contribution in [0.3, 0.4) is 0 Å². The summed E-state index contributed by atoms with van der Waals surface area (Å²) < 4.78 is 40.7. The van der Waals surface area contributed by atoms with Crippen LogP contribution < -0.4 is 9.80 Å². The predicted molar refractivity (Wildman–Crippen MR) is 121 cm³/mol. The molecule has 0 aliphatic carbocycles. The van der Waals surface area contributed by atoms with Crippen LogP contribution in [0.2, 0.25) is 0 Å². The quantitative estimate of drug-likeness (QED) is 0.629. The predicted octanol–water partition coefficient (Wildman–Crippen LogP) is 0.382. The van der Waals surface area contributed by atoms with Crippen LogP contribution in [0.15, 0.2) is 36.4 Å². The van der Waals surface area contributed by atoms with Crippen LogP contribution in [-0.4, -0.2) is 98.4 Å². The lowest BCUT2D eigenvalue weighted by Crippen LogP contribution is -2.49. The number of halogens is 1. The average molecular weight is 465 g/mol. The van der Waals surface area contributed by atoms with Crippen LogP contribution in [0, 0.1) is 5.82 Å². The molecule has 2 aromatic rings. The molecular weight excluding hydrogens is 435 g/mol. The van der Waals surface area contributed by atoms with Crippen LogP contribution in [0.4, 0.5) is 16.0 Å². The molecule has 4 rings (SSSR count). The van der Waals surface area contributed by atoms with E-state index in [1.54, 1.807) is 12.1 Å². The fourth-order valence-electron chi connectivity index (χ4n) is 4.10. The fraction of sp³-hybridized carbons (Fsp3) is 0.524. The van der Waals surface area contributed by atoms with Crippen LogP contribution in [0.1, 0.15) is 5.56 Å². The molecule has 0 atom stereocenters. The summed E-state index contributed by atoms with van der Waals surface area (Å²) in [6, 6.07) is 9.85. The van der Waals surface area contributed by atoms with Crippen molar-refractivity contribution in [2.45, 2.75) is 5.75 Å². The summed E-state index contributed by atoms with van der Waals surface area (Å²) in [4.78, 5) is 6.42. The van der Waals surface area contributed by atoms with E-state index in [9.17, 15) is 12.8 Å². The molecule has 1 N–H and O–H groups in total. The van der Waals surface area contributed by atoms with Crippen molar-refractivity contribution in [1.29, 1.82) is 0 Å². The molecule has 2 saturated heterocycles. The van der Waals surface area contributed by atoms with Crippen molar-refractivity contribution in [3.8, 4) is 0 Å². The molecule has 0 amide bonds. The lowest BCUT2D eigenvalue weighted by atomic mass is 10.2. The monoisotopic (exact) mass is 464 g/mol. The third kappa shape index (κ3) is 5.34. The molecular formula is C21H29FN6O3S. The lowest BCUT2D eigenvalue weighted by Gasteiger charge is -2.36. The van der Waals surface area contributed by atoms with Crippen LogP contribution in [0.25, 0.3) is 0 Å². The molecule has 1 aromatic heterocycles. The van der Waals surface area contributed by atoms with Crippen molar-refractivity contribution in [3.63, 3.8) is 0 Å². The Balaban J connectivity index is 1.31. The number of piperazine rings is 2. The number of hydrogen-bond acceptors (Lipinski definition) is 8. The maximum atomic E-state index is 13.9. The van der Waals surface area contributed by atoms with Crippen molar-refractivity contribution < 1.29 is 17.9 Å². The Hall–Kier alpha value is -2.34. The number of sulfonamides is 1. The van der Waals surface area contributed by atoms with E-state index in [4.69, 9.17) is 5.11 Å². The Morgan fingerprint density at radius 1 is 0.844 bits per heavy atom. The topological polar surface area (TPSA) is 93.1 Å². The van der Waals surface area contributed by atoms with Gasteiger partial charge in [-0.05, 0) is 18.2 Å². The summed E-state index contributed by atoms with van der Waals surface area (Å²) in [6.45, 7) is 5.97. The number of nitrogens with zero attached hydrogens (tertiary/aromatic N) is 6. The standard InChI is InChI=1S/C21H29FN6O3S/c22-19-4-2-1-3-18(19)17-32(30,31)28-13-11-27(12-14-28)21-6-5-20(23-24-21)26-9-7-25(8-10-26)15-16-29/h1-6,29H,7-17H2. The smallest absolute Gasteiger partial charge is 0.218 e. The molecule has 0 unspecified atom stereocenters. The van der Waals surface area contributed by atoms with Gasteiger partial charge in [-0.3, -0.25) is 4.90 Å². The van der Waals surface area contributed by atoms with E-state index in [1.807, 2.05) is 17.0 Å². The van der Waals surface area contributed by atoms with Gasteiger partial charge in [0.15, 0.2) is 11.6 Å². The van der Waals surface area contributed by atoms with Gasteiger partial charge in [-0.15, -0.1) is 10.2 Å². The summed E-state index contributed by atoms with van der Waals surface area (Å²) in [7, 11) is -3.59. The average Bonchev–Trinajstić information content (AvgIpc) is 2.81. The first-order valence-corrected chi connectivity index (χ1v) is 12.5. The van der Waals surface area contributed by atoms with E-state index in [0.29, 0.717) is 32.7 Å². The summed E-state index contributed by atoms with van der Waals surface area (Å²) in [5.41, 5.74) is 0.188. The first kappa shape index (κ1) is 22.8. The molecule has 0 saturated carbocycles. The first-order valence-electron chi connectivity index (χ1n) is 10.8. The van der Waals surface area contributed by atoms with E-state index in [0.717, 1.165) is 37.8 Å². The highest BCUT2D eigenvalue weighted by Gasteiger charge is 2.28. The van der Waals surface area contributed by atoms with E-state index in [1.165, 1.54) is 16.4 Å². The van der Waals surface area contributed by atoms with Crippen molar-refractivity contribution >= 4 is 21.7 Å². The Morgan fingerprint density at radius 3 is 1.94 bits per heavy atom. The first-order chi connectivity index (χ1) is 15.5. The van der Waals surface area contributed by atoms with Gasteiger partial charge in [0.05, 0.1) is 12.4 Å². The molecule has 2 aliphatic rings. The van der Waals surface area contributed by atoms with E-state index >= 15 is 0 Å². The molecule has 1 aromatic carbocycles. The van der Waals surface area contributed by atoms with Gasteiger partial charge in [0.2, 0.25) is 10.0 Å². The van der Waals surface area contributed by atoms with Gasteiger partial charge < -0.3 is 14.9 Å². The number of rotatable bonds is 7. The zero-order chi connectivity index (χ0) is 22.6. The second-order valence-corrected chi connectivity index (χ2v) is 10.0. The highest BCUT2D eigenvalue weighted by molar-refractivity contribution is 7.88. The zero-order valence-corrected chi connectivity index (χ0v) is 18.8. The van der Waals surface area contributed by atoms with E-state index < -0.39 is 15.8 Å². The number of aliphatic hydroxyl groups excluding tert-OH is 1. The Morgan fingerprint density at radius 2 is 1.41 bits per heavy atom. The summed E-state index contributed by atoms with van der Waals surface area (Å²) in [5.74, 6) is 0.710. The SMILES string of the molecule is O=S(=O)(Cc1ccccc1F)N1CCN(c2ccc(N3CCN(CCO)CC3)nn2)CC1. The van der Waals surface area contributed by atoms with Gasteiger partial charge in [-0.2, -0.15) is 4.31 Å². The van der Waals surface area contributed by atoms with Crippen molar-refractivity contribution in [2.75, 3.05) is 75.3 Å². The van der Waals surface area contributed by atoms with Crippen LogP contribution in [-0.2, 0) is 15.8 Å². The zero-order valence-electron chi connectivity index (χ0n) is 18.0. The summed E-state index contributed by atoms with van der Waals surface area (Å²) >= 11 is 0. The number of hydrogen-bond donors (Lipinski definition) is 1. The Bertz CT molecular complexity index is 991. The summed E-state index contributed by atoms with van der Waals surface area (Å²) in [5, 5.41) is 17.8. The summed E-state index contributed by atoms with van der Waals surface area (Å²) in [6.07, 6.45) is 0. The third-order valence-electron chi connectivity index (χ3n) is 6.00. The van der Waals surface area contributed by atoms with Crippen molar-refractivity contribution in [1.82, 2.24) is 19.4 Å². The van der Waals surface area contributed by atoms with Crippen LogP contribution >= 0.6 is 0 Å². The molecule has 3 heterocycles. The molecule has 9 nitrogen and oxygen atoms in total.